The molecule has 0 aliphatic carbocycles. The predicted molar refractivity (Wildman–Crippen MR) is 41.6 cm³/mol. The minimum Gasteiger partial charge on any atom is -0.500 e. The van der Waals surface area contributed by atoms with Crippen molar-refractivity contribution in [2.24, 2.45) is 0 Å². The maximum absolute atomic E-state index is 10.5. The van der Waals surface area contributed by atoms with E-state index >= 15 is 0 Å². The van der Waals surface area contributed by atoms with Gasteiger partial charge < -0.3 is 14.9 Å². The van der Waals surface area contributed by atoms with Gasteiger partial charge in [-0.15, -0.1) is 0 Å². The van der Waals surface area contributed by atoms with Gasteiger partial charge in [-0.25, -0.2) is 0 Å². The smallest absolute Gasteiger partial charge is 0.301 e. The van der Waals surface area contributed by atoms with Gasteiger partial charge in [0.1, 0.15) is 10.9 Å². The molecule has 0 aliphatic heterocycles. The van der Waals surface area contributed by atoms with E-state index in [1.807, 2.05) is 0 Å². The summed E-state index contributed by atoms with van der Waals surface area (Å²) in [6.07, 6.45) is 1.73. The van der Waals surface area contributed by atoms with Crippen LogP contribution in [-0.4, -0.2) is 10.3 Å². The number of carbonyl (C=O) groups is 1. The Morgan fingerprint density at radius 1 is 1.55 bits per heavy atom. The van der Waals surface area contributed by atoms with Crippen LogP contribution in [-0.2, 0) is 0 Å². The van der Waals surface area contributed by atoms with Crippen molar-refractivity contribution < 1.29 is 9.90 Å². The Balaban J connectivity index is 2.78. The normalized spacial score (nSPS) is 12.2. The third-order valence-electron chi connectivity index (χ3n) is 1.53. The number of nitrogens with one attached hydrogen (secondary N) is 1. The van der Waals surface area contributed by atoms with E-state index in [0.29, 0.717) is 0 Å². The number of aromatic amines is 1. The highest BCUT2D eigenvalue weighted by molar-refractivity contribution is 7.53. The Bertz CT molecular complexity index is 401. The molecule has 1 atom stereocenters. The van der Waals surface area contributed by atoms with E-state index in [4.69, 9.17) is 0 Å². The fraction of sp³-hybridized carbons (Fsp3) is 0. The van der Waals surface area contributed by atoms with Gasteiger partial charge in [0.15, 0.2) is 0 Å². The second-order valence-electron chi connectivity index (χ2n) is 2.15. The minimum atomic E-state index is -1.01. The highest BCUT2D eigenvalue weighted by atomic mass is 32.2. The second-order valence-corrected chi connectivity index (χ2v) is 3.87. The van der Waals surface area contributed by atoms with Gasteiger partial charge in [-0.2, -0.15) is 0 Å². The van der Waals surface area contributed by atoms with Gasteiger partial charge in [0, 0.05) is 28.8 Å². The van der Waals surface area contributed by atoms with Crippen LogP contribution in [0.3, 0.4) is 0 Å². The van der Waals surface area contributed by atoms with Crippen molar-refractivity contribution in [1.82, 2.24) is 4.98 Å². The van der Waals surface area contributed by atoms with Gasteiger partial charge in [-0.3, -0.25) is 0 Å². The molecular formula is C7H5NO2S. The maximum Gasteiger partial charge on any atom is 0.301 e. The fourth-order valence-electron chi connectivity index (χ4n) is 1.04. The Labute approximate surface area is 65.3 Å². The van der Waals surface area contributed by atoms with E-state index < -0.39 is 15.8 Å². The Morgan fingerprint density at radius 2 is 2.36 bits per heavy atom. The van der Waals surface area contributed by atoms with Crippen LogP contribution in [0.4, 0.5) is 4.79 Å². The van der Waals surface area contributed by atoms with Gasteiger partial charge in [0.05, 0.1) is 0 Å². The standard InChI is InChI=1S/C7H5NO2S/c9-7(10)11-4-2-5-6(11)1-3-8-5/h1-4,8H. The van der Waals surface area contributed by atoms with Crippen LogP contribution in [0.5, 0.6) is 0 Å². The maximum atomic E-state index is 10.5. The molecule has 0 aromatic carbocycles. The molecule has 56 valence electrons. The molecule has 2 aromatic rings. The van der Waals surface area contributed by atoms with Crippen molar-refractivity contribution in [2.75, 3.05) is 0 Å². The number of carbonyl (C=O) groups excluding carboxylic acids is 1. The lowest BCUT2D eigenvalue weighted by atomic mass is 10.5. The quantitative estimate of drug-likeness (QED) is 0.647. The van der Waals surface area contributed by atoms with E-state index in [-0.39, 0.29) is 0 Å². The van der Waals surface area contributed by atoms with Crippen LogP contribution in [0.25, 0.3) is 10.2 Å². The molecule has 0 amide bonds. The average Bonchev–Trinajstić information content (AvgIpc) is 2.41. The number of hydrogen-bond acceptors (Lipinski definition) is 2. The van der Waals surface area contributed by atoms with Crippen molar-refractivity contribution in [3.05, 3.63) is 23.7 Å². The number of H-pyrrole nitrogens is 1. The van der Waals surface area contributed by atoms with Gasteiger partial charge in [-0.1, -0.05) is 0 Å². The lowest BCUT2D eigenvalue weighted by Crippen LogP contribution is -2.15. The van der Waals surface area contributed by atoms with Crippen LogP contribution in [0.15, 0.2) is 23.7 Å². The molecule has 0 saturated heterocycles. The van der Waals surface area contributed by atoms with E-state index in [9.17, 15) is 9.90 Å². The zero-order chi connectivity index (χ0) is 7.84. The summed E-state index contributed by atoms with van der Waals surface area (Å²) in [7, 11) is -0.829. The molecule has 2 aromatic heterocycles. The molecule has 0 fully saturated rings. The van der Waals surface area contributed by atoms with Crippen molar-refractivity contribution >= 4 is 26.0 Å². The molecule has 1 unspecified atom stereocenters. The van der Waals surface area contributed by atoms with Crippen molar-refractivity contribution in [3.8, 4) is 0 Å². The minimum absolute atomic E-state index is 0.824. The SMILES string of the molecule is O=C([O-])[s+]1ccc2[nH]ccc21. The molecule has 0 aliphatic rings. The summed E-state index contributed by atoms with van der Waals surface area (Å²) in [5.74, 6) is 0. The lowest BCUT2D eigenvalue weighted by Gasteiger charge is -1.83. The molecule has 3 nitrogen and oxygen atoms in total. The van der Waals surface area contributed by atoms with Gasteiger partial charge in [-0.05, 0) is 0 Å². The molecule has 0 radical (unpaired) electrons. The first-order valence-corrected chi connectivity index (χ1v) is 4.37. The highest BCUT2D eigenvalue weighted by Gasteiger charge is 2.13. The molecule has 0 saturated carbocycles. The van der Waals surface area contributed by atoms with Gasteiger partial charge in [0.2, 0.25) is 4.70 Å². The van der Waals surface area contributed by atoms with E-state index in [1.54, 1.807) is 23.7 Å². The van der Waals surface area contributed by atoms with Crippen molar-refractivity contribution in [3.63, 3.8) is 0 Å². The summed E-state index contributed by atoms with van der Waals surface area (Å²) in [5, 5.41) is 11.1. The highest BCUT2D eigenvalue weighted by Crippen LogP contribution is 2.29. The number of carboxylic acid groups (broad SMARTS) is 1. The Kier molecular flexibility index (Phi) is 1.22. The molecule has 11 heavy (non-hydrogen) atoms. The van der Waals surface area contributed by atoms with E-state index in [2.05, 4.69) is 4.98 Å². The first kappa shape index (κ1) is 6.42. The molecule has 2 heterocycles. The van der Waals surface area contributed by atoms with E-state index in [0.717, 1.165) is 10.2 Å². The number of thiophene rings is 1. The molecule has 0 bridgehead atoms. The zero-order valence-corrected chi connectivity index (χ0v) is 6.35. The van der Waals surface area contributed by atoms with E-state index in [1.165, 1.54) is 0 Å². The summed E-state index contributed by atoms with van der Waals surface area (Å²) in [6, 6.07) is 3.54. The molecule has 4 heteroatoms. The van der Waals surface area contributed by atoms with Crippen LogP contribution in [0, 0.1) is 0 Å². The van der Waals surface area contributed by atoms with Crippen LogP contribution in [0.2, 0.25) is 0 Å². The first-order valence-electron chi connectivity index (χ1n) is 3.08. The third-order valence-corrected chi connectivity index (χ3v) is 3.12. The number of aromatic nitrogens is 1. The molecule has 1 N–H and O–H groups in total. The van der Waals surface area contributed by atoms with Crippen LogP contribution < -0.4 is 5.11 Å². The van der Waals surface area contributed by atoms with Crippen molar-refractivity contribution in [2.45, 2.75) is 0 Å². The summed E-state index contributed by atoms with van der Waals surface area (Å²) in [5.41, 5.74) is 0.887. The number of fused-ring (bicyclic) bond motifs is 1. The first-order chi connectivity index (χ1) is 5.29. The van der Waals surface area contributed by atoms with Gasteiger partial charge >= 0.3 is 5.30 Å². The number of rotatable bonds is 1. The summed E-state index contributed by atoms with van der Waals surface area (Å²) < 4.78 is 0.824. The third kappa shape index (κ3) is 0.832. The Hall–Kier alpha value is -1.29. The Morgan fingerprint density at radius 3 is 3.09 bits per heavy atom. The molecule has 0 spiro atoms. The van der Waals surface area contributed by atoms with Crippen molar-refractivity contribution in [1.29, 1.82) is 0 Å². The zero-order valence-electron chi connectivity index (χ0n) is 5.53. The summed E-state index contributed by atoms with van der Waals surface area (Å²) in [6.45, 7) is 0. The monoisotopic (exact) mass is 167 g/mol. The van der Waals surface area contributed by atoms with Crippen LogP contribution >= 0.6 is 10.5 Å². The molecule has 2 rings (SSSR count). The predicted octanol–water partition coefficient (Wildman–Crippen LogP) is 1.11. The fourth-order valence-corrected chi connectivity index (χ4v) is 2.33. The number of hydrogen-bond donors (Lipinski definition) is 1. The topological polar surface area (TPSA) is 55.9 Å². The lowest BCUT2D eigenvalue weighted by molar-refractivity contribution is -0.233. The largest absolute Gasteiger partial charge is 0.500 e. The average molecular weight is 167 g/mol. The summed E-state index contributed by atoms with van der Waals surface area (Å²) in [4.78, 5) is 13.4. The van der Waals surface area contributed by atoms with Crippen LogP contribution in [0.1, 0.15) is 0 Å². The molecular weight excluding hydrogens is 162 g/mol. The second kappa shape index (κ2) is 2.10. The van der Waals surface area contributed by atoms with Gasteiger partial charge in [0.25, 0.3) is 0 Å². The summed E-state index contributed by atoms with van der Waals surface area (Å²) >= 11 is 0.